The van der Waals surface area contributed by atoms with Crippen molar-refractivity contribution in [3.05, 3.63) is 124 Å². The van der Waals surface area contributed by atoms with Crippen molar-refractivity contribution in [2.75, 3.05) is 13.2 Å². The second-order valence-electron chi connectivity index (χ2n) is 10.3. The van der Waals surface area contributed by atoms with Crippen LogP contribution in [0.25, 0.3) is 0 Å². The minimum atomic E-state index is -0.569. The predicted octanol–water partition coefficient (Wildman–Crippen LogP) is 6.74. The van der Waals surface area contributed by atoms with Gasteiger partial charge in [0.1, 0.15) is 35.5 Å². The molecule has 224 valence electrons. The molecule has 0 radical (unpaired) electrons. The molecule has 0 spiro atoms. The molecule has 8 heteroatoms. The number of benzene rings is 4. The standard InChI is InChI=1S/C36H34N2O6/c1-4-24-10-13-27(14-11-24)41-22-34(39)43-28-15-16-29-32(19-28)44-36(38)30(20-37)35(29)26-12-17-31(33(18-26)40-5-2)42-21-25-8-6-23(3)7-9-25/h6-19,35H,4-5,21-22,38H2,1-3H3. The highest BCUT2D eigenvalue weighted by Gasteiger charge is 2.32. The largest absolute Gasteiger partial charge is 0.490 e. The van der Waals surface area contributed by atoms with Gasteiger partial charge in [-0.2, -0.15) is 5.26 Å². The van der Waals surface area contributed by atoms with Gasteiger partial charge in [0.05, 0.1) is 12.5 Å². The minimum absolute atomic E-state index is 0.0232. The SMILES string of the molecule is CCOc1cc(C2C(C#N)=C(N)Oc3cc(OC(=O)COc4ccc(CC)cc4)ccc32)ccc1OCc1ccc(C)cc1. The molecule has 0 bridgehead atoms. The van der Waals surface area contributed by atoms with Gasteiger partial charge in [-0.15, -0.1) is 0 Å². The van der Waals surface area contributed by atoms with Gasteiger partial charge in [-0.25, -0.2) is 4.79 Å². The van der Waals surface area contributed by atoms with E-state index in [1.54, 1.807) is 18.2 Å². The van der Waals surface area contributed by atoms with Crippen molar-refractivity contribution >= 4 is 5.97 Å². The van der Waals surface area contributed by atoms with Crippen LogP contribution < -0.4 is 29.4 Å². The lowest BCUT2D eigenvalue weighted by atomic mass is 9.83. The topological polar surface area (TPSA) is 113 Å². The van der Waals surface area contributed by atoms with E-state index >= 15 is 0 Å². The molecule has 1 unspecified atom stereocenters. The Labute approximate surface area is 257 Å². The van der Waals surface area contributed by atoms with Gasteiger partial charge in [0.15, 0.2) is 18.1 Å². The zero-order chi connectivity index (χ0) is 31.1. The first-order valence-corrected chi connectivity index (χ1v) is 14.5. The maximum atomic E-state index is 12.5. The molecule has 1 aliphatic rings. The number of rotatable bonds is 11. The van der Waals surface area contributed by atoms with E-state index in [1.807, 2.05) is 80.6 Å². The Morgan fingerprint density at radius 1 is 0.864 bits per heavy atom. The molecule has 1 aliphatic heterocycles. The summed E-state index contributed by atoms with van der Waals surface area (Å²) in [4.78, 5) is 12.5. The third kappa shape index (κ3) is 6.96. The molecule has 4 aromatic carbocycles. The van der Waals surface area contributed by atoms with Gasteiger partial charge in [-0.1, -0.05) is 61.0 Å². The van der Waals surface area contributed by atoms with Crippen LogP contribution in [0.5, 0.6) is 28.7 Å². The number of hydrogen-bond donors (Lipinski definition) is 1. The molecular formula is C36H34N2O6. The molecule has 0 aromatic heterocycles. The Balaban J connectivity index is 1.35. The van der Waals surface area contributed by atoms with E-state index in [1.165, 1.54) is 11.1 Å². The van der Waals surface area contributed by atoms with Gasteiger partial charge >= 0.3 is 5.97 Å². The molecule has 0 fully saturated rings. The van der Waals surface area contributed by atoms with Crippen LogP contribution >= 0.6 is 0 Å². The number of ether oxygens (including phenoxy) is 5. The minimum Gasteiger partial charge on any atom is -0.490 e. The third-order valence-electron chi connectivity index (χ3n) is 7.23. The number of hydrogen-bond acceptors (Lipinski definition) is 8. The number of nitrogens with zero attached hydrogens (tertiary/aromatic N) is 1. The maximum absolute atomic E-state index is 12.5. The highest BCUT2D eigenvalue weighted by Crippen LogP contribution is 2.45. The van der Waals surface area contributed by atoms with Crippen molar-refractivity contribution < 1.29 is 28.5 Å². The van der Waals surface area contributed by atoms with Gasteiger partial charge in [0, 0.05) is 11.6 Å². The van der Waals surface area contributed by atoms with Crippen LogP contribution in [0.3, 0.4) is 0 Å². The van der Waals surface area contributed by atoms with Gasteiger partial charge < -0.3 is 29.4 Å². The summed E-state index contributed by atoms with van der Waals surface area (Å²) in [7, 11) is 0. The van der Waals surface area contributed by atoms with Crippen molar-refractivity contribution in [3.8, 4) is 34.8 Å². The molecule has 5 rings (SSSR count). The molecule has 8 nitrogen and oxygen atoms in total. The monoisotopic (exact) mass is 590 g/mol. The summed E-state index contributed by atoms with van der Waals surface area (Å²) in [6, 6.07) is 28.5. The van der Waals surface area contributed by atoms with Crippen LogP contribution in [0.1, 0.15) is 47.6 Å². The molecule has 44 heavy (non-hydrogen) atoms. The van der Waals surface area contributed by atoms with Crippen LogP contribution in [0.4, 0.5) is 0 Å². The average Bonchev–Trinajstić information content (AvgIpc) is 3.03. The van der Waals surface area contributed by atoms with Gasteiger partial charge in [-0.3, -0.25) is 0 Å². The first-order valence-electron chi connectivity index (χ1n) is 14.5. The summed E-state index contributed by atoms with van der Waals surface area (Å²) in [5.41, 5.74) is 11.3. The Bertz CT molecular complexity index is 1700. The number of nitriles is 1. The van der Waals surface area contributed by atoms with E-state index in [0.29, 0.717) is 41.8 Å². The van der Waals surface area contributed by atoms with E-state index in [-0.39, 0.29) is 23.8 Å². The molecule has 0 aliphatic carbocycles. The number of nitrogens with two attached hydrogens (primary N) is 1. The summed E-state index contributed by atoms with van der Waals surface area (Å²) in [5, 5.41) is 10.0. The number of carbonyl (C=O) groups excluding carboxylic acids is 1. The van der Waals surface area contributed by atoms with Crippen LogP contribution in [0.2, 0.25) is 0 Å². The maximum Gasteiger partial charge on any atom is 0.349 e. The first-order chi connectivity index (χ1) is 21.4. The molecule has 0 saturated carbocycles. The molecule has 0 saturated heterocycles. The fourth-order valence-electron chi connectivity index (χ4n) is 4.90. The zero-order valence-corrected chi connectivity index (χ0v) is 25.0. The van der Waals surface area contributed by atoms with E-state index in [4.69, 9.17) is 29.4 Å². The van der Waals surface area contributed by atoms with Crippen molar-refractivity contribution in [2.24, 2.45) is 5.73 Å². The van der Waals surface area contributed by atoms with Crippen molar-refractivity contribution in [1.82, 2.24) is 0 Å². The predicted molar refractivity (Wildman–Crippen MR) is 166 cm³/mol. The lowest BCUT2D eigenvalue weighted by molar-refractivity contribution is -0.136. The molecule has 2 N–H and O–H groups in total. The molecule has 4 aromatic rings. The number of fused-ring (bicyclic) bond motifs is 1. The van der Waals surface area contributed by atoms with E-state index < -0.39 is 11.9 Å². The number of allylic oxidation sites excluding steroid dienone is 1. The summed E-state index contributed by atoms with van der Waals surface area (Å²) in [6.45, 7) is 6.56. The van der Waals surface area contributed by atoms with E-state index in [0.717, 1.165) is 17.5 Å². The summed E-state index contributed by atoms with van der Waals surface area (Å²) >= 11 is 0. The van der Waals surface area contributed by atoms with Crippen molar-refractivity contribution in [2.45, 2.75) is 39.7 Å². The fourth-order valence-corrected chi connectivity index (χ4v) is 4.90. The third-order valence-corrected chi connectivity index (χ3v) is 7.23. The molecule has 0 amide bonds. The first kappa shape index (κ1) is 30.1. The normalized spacial score (nSPS) is 13.7. The summed E-state index contributed by atoms with van der Waals surface area (Å²) in [6.07, 6.45) is 0.918. The zero-order valence-electron chi connectivity index (χ0n) is 25.0. The second-order valence-corrected chi connectivity index (χ2v) is 10.3. The second kappa shape index (κ2) is 13.7. The van der Waals surface area contributed by atoms with Crippen LogP contribution in [-0.4, -0.2) is 19.2 Å². The lowest BCUT2D eigenvalue weighted by Gasteiger charge is -2.27. The van der Waals surface area contributed by atoms with Crippen molar-refractivity contribution in [3.63, 3.8) is 0 Å². The molecule has 1 heterocycles. The fraction of sp³-hybridized carbons (Fsp3) is 0.222. The van der Waals surface area contributed by atoms with Crippen LogP contribution in [0.15, 0.2) is 96.4 Å². The van der Waals surface area contributed by atoms with Crippen LogP contribution in [0, 0.1) is 18.3 Å². The van der Waals surface area contributed by atoms with Crippen molar-refractivity contribution in [1.29, 1.82) is 5.26 Å². The Hall–Kier alpha value is -5.42. The Kier molecular flexibility index (Phi) is 9.36. The quantitative estimate of drug-likeness (QED) is 0.151. The summed E-state index contributed by atoms with van der Waals surface area (Å²) in [5.74, 6) is 1.24. The highest BCUT2D eigenvalue weighted by molar-refractivity contribution is 5.74. The van der Waals surface area contributed by atoms with Gasteiger partial charge in [0.25, 0.3) is 0 Å². The van der Waals surface area contributed by atoms with Crippen LogP contribution in [-0.2, 0) is 17.8 Å². The van der Waals surface area contributed by atoms with E-state index in [2.05, 4.69) is 13.0 Å². The molecule has 1 atom stereocenters. The Morgan fingerprint density at radius 3 is 2.30 bits per heavy atom. The van der Waals surface area contributed by atoms with E-state index in [9.17, 15) is 10.1 Å². The lowest BCUT2D eigenvalue weighted by Crippen LogP contribution is -2.22. The molecular weight excluding hydrogens is 556 g/mol. The number of carbonyl (C=O) groups is 1. The number of esters is 1. The Morgan fingerprint density at radius 2 is 1.59 bits per heavy atom. The smallest absolute Gasteiger partial charge is 0.349 e. The van der Waals surface area contributed by atoms with Gasteiger partial charge in [-0.05, 0) is 67.3 Å². The highest BCUT2D eigenvalue weighted by atomic mass is 16.6. The number of aryl methyl sites for hydroxylation is 2. The average molecular weight is 591 g/mol. The van der Waals surface area contributed by atoms with Gasteiger partial charge in [0.2, 0.25) is 5.88 Å². The summed E-state index contributed by atoms with van der Waals surface area (Å²) < 4.78 is 28.9.